The lowest BCUT2D eigenvalue weighted by molar-refractivity contribution is -0.141. The van der Waals surface area contributed by atoms with E-state index >= 15 is 0 Å². The van der Waals surface area contributed by atoms with Crippen LogP contribution in [0.2, 0.25) is 0 Å². The second kappa shape index (κ2) is 7.25. The number of ether oxygens (including phenoxy) is 1. The number of aliphatic carboxylic acids is 1. The van der Waals surface area contributed by atoms with Gasteiger partial charge in [0, 0.05) is 6.54 Å². The zero-order chi connectivity index (χ0) is 15.2. The maximum absolute atomic E-state index is 12.0. The lowest BCUT2D eigenvalue weighted by Gasteiger charge is -2.09. The fourth-order valence-electron chi connectivity index (χ4n) is 1.50. The van der Waals surface area contributed by atoms with Crippen molar-refractivity contribution in [1.29, 1.82) is 0 Å². The summed E-state index contributed by atoms with van der Waals surface area (Å²) in [5.74, 6) is -0.922. The van der Waals surface area contributed by atoms with Crippen molar-refractivity contribution in [3.05, 3.63) is 24.3 Å². The van der Waals surface area contributed by atoms with Gasteiger partial charge in [0.2, 0.25) is 10.0 Å². The molecule has 0 amide bonds. The molecule has 2 N–H and O–H groups in total. The van der Waals surface area contributed by atoms with Crippen molar-refractivity contribution in [3.63, 3.8) is 0 Å². The second-order valence-corrected chi connectivity index (χ2v) is 6.10. The van der Waals surface area contributed by atoms with Gasteiger partial charge in [-0.1, -0.05) is 6.92 Å². The Morgan fingerprint density at radius 2 is 1.95 bits per heavy atom. The van der Waals surface area contributed by atoms with E-state index in [1.165, 1.54) is 19.1 Å². The molecule has 0 fully saturated rings. The minimum Gasteiger partial charge on any atom is -0.494 e. The van der Waals surface area contributed by atoms with Gasteiger partial charge in [0.15, 0.2) is 0 Å². The molecule has 0 radical (unpaired) electrons. The Bertz CT molecular complexity index is 538. The molecule has 1 rings (SSSR count). The third kappa shape index (κ3) is 4.82. The molecule has 20 heavy (non-hydrogen) atoms. The van der Waals surface area contributed by atoms with Crippen LogP contribution in [0, 0.1) is 5.92 Å². The quantitative estimate of drug-likeness (QED) is 0.758. The molecule has 1 atom stereocenters. The normalized spacial score (nSPS) is 12.9. The van der Waals surface area contributed by atoms with Crippen molar-refractivity contribution < 1.29 is 23.1 Å². The summed E-state index contributed by atoms with van der Waals surface area (Å²) in [5, 5.41) is 8.72. The van der Waals surface area contributed by atoms with E-state index in [2.05, 4.69) is 4.72 Å². The molecule has 0 spiro atoms. The van der Waals surface area contributed by atoms with Gasteiger partial charge in [0.1, 0.15) is 5.75 Å². The number of rotatable bonds is 8. The van der Waals surface area contributed by atoms with Gasteiger partial charge in [0.25, 0.3) is 0 Å². The van der Waals surface area contributed by atoms with Gasteiger partial charge < -0.3 is 9.84 Å². The highest BCUT2D eigenvalue weighted by molar-refractivity contribution is 7.89. The van der Waals surface area contributed by atoms with Crippen LogP contribution in [0.1, 0.15) is 20.3 Å². The van der Waals surface area contributed by atoms with Crippen molar-refractivity contribution in [3.8, 4) is 5.75 Å². The Kier molecular flexibility index (Phi) is 5.97. The van der Waals surface area contributed by atoms with Gasteiger partial charge in [-0.15, -0.1) is 0 Å². The molecule has 6 nitrogen and oxygen atoms in total. The third-order valence-corrected chi connectivity index (χ3v) is 4.21. The van der Waals surface area contributed by atoms with Crippen LogP contribution in [-0.4, -0.2) is 32.6 Å². The molecular formula is C13H19NO5S. The maximum Gasteiger partial charge on any atom is 0.306 e. The van der Waals surface area contributed by atoms with Gasteiger partial charge in [-0.25, -0.2) is 13.1 Å². The zero-order valence-corrected chi connectivity index (χ0v) is 12.3. The smallest absolute Gasteiger partial charge is 0.306 e. The van der Waals surface area contributed by atoms with Crippen LogP contribution in [0.25, 0.3) is 0 Å². The molecule has 1 aromatic rings. The summed E-state index contributed by atoms with van der Waals surface area (Å²) in [7, 11) is -3.61. The fourth-order valence-corrected chi connectivity index (χ4v) is 2.55. The molecule has 0 aliphatic heterocycles. The number of carboxylic acids is 1. The molecule has 112 valence electrons. The topological polar surface area (TPSA) is 92.7 Å². The summed E-state index contributed by atoms with van der Waals surface area (Å²) >= 11 is 0. The van der Waals surface area contributed by atoms with E-state index in [0.29, 0.717) is 12.4 Å². The zero-order valence-electron chi connectivity index (χ0n) is 11.5. The summed E-state index contributed by atoms with van der Waals surface area (Å²) in [5.41, 5.74) is 0. The predicted molar refractivity (Wildman–Crippen MR) is 74.2 cm³/mol. The Labute approximate surface area is 118 Å². The average Bonchev–Trinajstić information content (AvgIpc) is 2.39. The van der Waals surface area contributed by atoms with E-state index in [-0.39, 0.29) is 17.9 Å². The monoisotopic (exact) mass is 301 g/mol. The Balaban J connectivity index is 2.62. The van der Waals surface area contributed by atoms with Crippen molar-refractivity contribution >= 4 is 16.0 Å². The first-order valence-electron chi connectivity index (χ1n) is 6.32. The Hall–Kier alpha value is -1.60. The summed E-state index contributed by atoms with van der Waals surface area (Å²) in [6, 6.07) is 6.07. The van der Waals surface area contributed by atoms with Gasteiger partial charge in [-0.2, -0.15) is 0 Å². The van der Waals surface area contributed by atoms with Gasteiger partial charge >= 0.3 is 5.97 Å². The van der Waals surface area contributed by atoms with Crippen LogP contribution in [0.3, 0.4) is 0 Å². The Morgan fingerprint density at radius 3 is 2.45 bits per heavy atom. The number of sulfonamides is 1. The summed E-state index contributed by atoms with van der Waals surface area (Å²) < 4.78 is 31.5. The van der Waals surface area contributed by atoms with Crippen molar-refractivity contribution in [2.24, 2.45) is 5.92 Å². The number of benzene rings is 1. The molecule has 7 heteroatoms. The van der Waals surface area contributed by atoms with Gasteiger partial charge in [-0.3, -0.25) is 4.79 Å². The van der Waals surface area contributed by atoms with Crippen LogP contribution in [0.4, 0.5) is 0 Å². The highest BCUT2D eigenvalue weighted by Crippen LogP contribution is 2.15. The van der Waals surface area contributed by atoms with Crippen LogP contribution >= 0.6 is 0 Å². The average molecular weight is 301 g/mol. The van der Waals surface area contributed by atoms with E-state index in [0.717, 1.165) is 0 Å². The summed E-state index contributed by atoms with van der Waals surface area (Å²) in [6.07, 6.45) is 0.242. The molecule has 0 heterocycles. The fraction of sp³-hybridized carbons (Fsp3) is 0.462. The summed E-state index contributed by atoms with van der Waals surface area (Å²) in [6.45, 7) is 3.98. The van der Waals surface area contributed by atoms with E-state index in [4.69, 9.17) is 9.84 Å². The molecule has 0 aliphatic carbocycles. The van der Waals surface area contributed by atoms with Gasteiger partial charge in [-0.05, 0) is 37.6 Å². The van der Waals surface area contributed by atoms with Crippen LogP contribution in [0.15, 0.2) is 29.2 Å². The molecule has 1 aromatic carbocycles. The van der Waals surface area contributed by atoms with Crippen molar-refractivity contribution in [2.75, 3.05) is 13.2 Å². The standard InChI is InChI=1S/C13H19NO5S/c1-3-19-11-4-6-12(7-5-11)20(17,18)14-9-8-10(2)13(15)16/h4-7,10,14H,3,8-9H2,1-2H3,(H,15,16). The van der Waals surface area contributed by atoms with E-state index < -0.39 is 21.9 Å². The largest absolute Gasteiger partial charge is 0.494 e. The van der Waals surface area contributed by atoms with E-state index in [1.807, 2.05) is 6.92 Å². The highest BCUT2D eigenvalue weighted by atomic mass is 32.2. The first kappa shape index (κ1) is 16.5. The molecule has 1 unspecified atom stereocenters. The predicted octanol–water partition coefficient (Wildman–Crippen LogP) is 1.47. The lowest BCUT2D eigenvalue weighted by Crippen LogP contribution is -2.27. The SMILES string of the molecule is CCOc1ccc(S(=O)(=O)NCCC(C)C(=O)O)cc1. The van der Waals surface area contributed by atoms with Crippen LogP contribution in [-0.2, 0) is 14.8 Å². The molecular weight excluding hydrogens is 282 g/mol. The number of hydrogen-bond donors (Lipinski definition) is 2. The second-order valence-electron chi connectivity index (χ2n) is 4.33. The molecule has 0 saturated heterocycles. The lowest BCUT2D eigenvalue weighted by atomic mass is 10.1. The molecule has 0 aromatic heterocycles. The van der Waals surface area contributed by atoms with Crippen molar-refractivity contribution in [1.82, 2.24) is 4.72 Å². The summed E-state index contributed by atoms with van der Waals surface area (Å²) in [4.78, 5) is 10.8. The van der Waals surface area contributed by atoms with Crippen LogP contribution < -0.4 is 9.46 Å². The number of nitrogens with one attached hydrogen (secondary N) is 1. The third-order valence-electron chi connectivity index (χ3n) is 2.74. The number of carboxylic acid groups (broad SMARTS) is 1. The maximum atomic E-state index is 12.0. The Morgan fingerprint density at radius 1 is 1.35 bits per heavy atom. The number of hydrogen-bond acceptors (Lipinski definition) is 4. The van der Waals surface area contributed by atoms with E-state index in [9.17, 15) is 13.2 Å². The van der Waals surface area contributed by atoms with Crippen LogP contribution in [0.5, 0.6) is 5.75 Å². The van der Waals surface area contributed by atoms with E-state index in [1.54, 1.807) is 12.1 Å². The highest BCUT2D eigenvalue weighted by Gasteiger charge is 2.16. The first-order valence-corrected chi connectivity index (χ1v) is 7.80. The molecule has 0 saturated carbocycles. The minimum atomic E-state index is -3.61. The van der Waals surface area contributed by atoms with Gasteiger partial charge in [0.05, 0.1) is 17.4 Å². The number of carbonyl (C=O) groups is 1. The van der Waals surface area contributed by atoms with Crippen molar-refractivity contribution in [2.45, 2.75) is 25.2 Å². The molecule has 0 aliphatic rings. The minimum absolute atomic E-state index is 0.0863. The molecule has 0 bridgehead atoms. The first-order chi connectivity index (χ1) is 9.36.